The second-order valence-corrected chi connectivity index (χ2v) is 11.7. The van der Waals surface area contributed by atoms with Gasteiger partial charge in [-0.2, -0.15) is 0 Å². The second kappa shape index (κ2) is 18.0. The molecule has 1 aliphatic carbocycles. The minimum atomic E-state index is -0.542. The number of hydrogen-bond donors (Lipinski definition) is 1. The number of aliphatic hydroxyl groups is 1. The number of aliphatic hydroxyl groups excluding tert-OH is 1. The molecule has 6 atom stereocenters. The van der Waals surface area contributed by atoms with E-state index in [0.717, 1.165) is 83.0 Å². The van der Waals surface area contributed by atoms with Gasteiger partial charge in [-0.05, 0) is 75.5 Å². The summed E-state index contributed by atoms with van der Waals surface area (Å²) in [7, 11) is 1.36. The van der Waals surface area contributed by atoms with Gasteiger partial charge in [0, 0.05) is 19.3 Å². The summed E-state index contributed by atoms with van der Waals surface area (Å²) in [6.07, 6.45) is 19.3. The SMILES string of the molecule is CCCC[C@@H](C)C/C=C/[C@H]1CC[C@H](O)[C@@H]1CCCC/C(OC1CCCCO1)=C(\OC1CCCCO1)C(=O)OC. The molecule has 3 rings (SSSR count). The zero-order chi connectivity index (χ0) is 27.9. The Bertz CT molecular complexity index is 752. The molecule has 0 amide bonds. The molecule has 39 heavy (non-hydrogen) atoms. The van der Waals surface area contributed by atoms with E-state index >= 15 is 0 Å². The van der Waals surface area contributed by atoms with Gasteiger partial charge in [0.1, 0.15) is 5.76 Å². The van der Waals surface area contributed by atoms with Crippen molar-refractivity contribution in [3.63, 3.8) is 0 Å². The molecule has 0 aromatic heterocycles. The highest BCUT2D eigenvalue weighted by atomic mass is 16.7. The van der Waals surface area contributed by atoms with Crippen LogP contribution >= 0.6 is 0 Å². The van der Waals surface area contributed by atoms with Crippen molar-refractivity contribution >= 4 is 5.97 Å². The third kappa shape index (κ3) is 11.1. The van der Waals surface area contributed by atoms with Crippen LogP contribution < -0.4 is 0 Å². The number of allylic oxidation sites excluding steroid dienone is 3. The molecule has 0 aromatic rings. The van der Waals surface area contributed by atoms with Gasteiger partial charge in [0.15, 0.2) is 12.6 Å². The minimum Gasteiger partial charge on any atom is -0.465 e. The van der Waals surface area contributed by atoms with E-state index in [1.165, 1.54) is 26.4 Å². The van der Waals surface area contributed by atoms with E-state index in [0.29, 0.717) is 31.3 Å². The lowest BCUT2D eigenvalue weighted by Gasteiger charge is -2.28. The van der Waals surface area contributed by atoms with Gasteiger partial charge in [-0.3, -0.25) is 0 Å². The van der Waals surface area contributed by atoms with Crippen molar-refractivity contribution in [2.24, 2.45) is 17.8 Å². The summed E-state index contributed by atoms with van der Waals surface area (Å²) in [5.41, 5.74) is 0. The predicted molar refractivity (Wildman–Crippen MR) is 152 cm³/mol. The lowest BCUT2D eigenvalue weighted by molar-refractivity contribution is -0.172. The van der Waals surface area contributed by atoms with E-state index in [4.69, 9.17) is 23.7 Å². The fourth-order valence-electron chi connectivity index (χ4n) is 5.99. The lowest BCUT2D eigenvalue weighted by Crippen LogP contribution is -2.28. The third-order valence-electron chi connectivity index (χ3n) is 8.43. The molecule has 0 radical (unpaired) electrons. The number of ether oxygens (including phenoxy) is 5. The molecule has 224 valence electrons. The number of methoxy groups -OCH3 is 1. The number of hydrogen-bond acceptors (Lipinski definition) is 7. The van der Waals surface area contributed by atoms with Crippen molar-refractivity contribution in [3.05, 3.63) is 23.7 Å². The molecule has 2 saturated heterocycles. The Morgan fingerprint density at radius 3 is 2.33 bits per heavy atom. The molecular formula is C32H54O7. The lowest BCUT2D eigenvalue weighted by atomic mass is 9.88. The largest absolute Gasteiger partial charge is 0.465 e. The summed E-state index contributed by atoms with van der Waals surface area (Å²) in [5.74, 6) is 1.51. The summed E-state index contributed by atoms with van der Waals surface area (Å²) in [5, 5.41) is 10.7. The van der Waals surface area contributed by atoms with Crippen molar-refractivity contribution in [1.29, 1.82) is 0 Å². The summed E-state index contributed by atoms with van der Waals surface area (Å²) in [6, 6.07) is 0. The van der Waals surface area contributed by atoms with Crippen LogP contribution in [-0.2, 0) is 28.5 Å². The average Bonchev–Trinajstić information content (AvgIpc) is 3.31. The Kier molecular flexibility index (Phi) is 14.7. The van der Waals surface area contributed by atoms with Crippen LogP contribution in [0.3, 0.4) is 0 Å². The summed E-state index contributed by atoms with van der Waals surface area (Å²) >= 11 is 0. The monoisotopic (exact) mass is 550 g/mol. The molecule has 3 aliphatic rings. The van der Waals surface area contributed by atoms with Crippen LogP contribution in [0.15, 0.2) is 23.7 Å². The summed E-state index contributed by atoms with van der Waals surface area (Å²) in [6.45, 7) is 5.86. The van der Waals surface area contributed by atoms with Crippen LogP contribution in [0, 0.1) is 17.8 Å². The van der Waals surface area contributed by atoms with Gasteiger partial charge in [0.2, 0.25) is 5.76 Å². The molecule has 0 aromatic carbocycles. The number of esters is 1. The standard InChI is InChI=1S/C32H54O7/c1-4-5-13-24(2)14-12-15-25-20-21-27(33)26(25)16-6-7-17-28(38-29-18-8-10-22-36-29)31(32(34)35-3)39-30-19-9-11-23-37-30/h12,15,24-27,29-30,33H,4-11,13-14,16-23H2,1-3H3/b15-12+,31-28+/t24-,25+,26-,27+,29?,30?/m1/s1. The summed E-state index contributed by atoms with van der Waals surface area (Å²) < 4.78 is 28.9. The Morgan fingerprint density at radius 2 is 1.69 bits per heavy atom. The van der Waals surface area contributed by atoms with E-state index in [9.17, 15) is 9.90 Å². The van der Waals surface area contributed by atoms with Crippen LogP contribution in [0.1, 0.15) is 117 Å². The smallest absolute Gasteiger partial charge is 0.377 e. The molecule has 3 fully saturated rings. The molecule has 1 N–H and O–H groups in total. The summed E-state index contributed by atoms with van der Waals surface area (Å²) in [4.78, 5) is 12.8. The van der Waals surface area contributed by atoms with Gasteiger partial charge in [0.05, 0.1) is 26.4 Å². The van der Waals surface area contributed by atoms with Crippen molar-refractivity contribution in [3.8, 4) is 0 Å². The number of unbranched alkanes of at least 4 members (excludes halogenated alkanes) is 2. The van der Waals surface area contributed by atoms with E-state index in [1.807, 2.05) is 0 Å². The first-order valence-electron chi connectivity index (χ1n) is 15.7. The Labute approximate surface area is 236 Å². The van der Waals surface area contributed by atoms with Crippen LogP contribution in [0.25, 0.3) is 0 Å². The molecule has 2 aliphatic heterocycles. The fourth-order valence-corrected chi connectivity index (χ4v) is 5.99. The predicted octanol–water partition coefficient (Wildman–Crippen LogP) is 7.18. The number of carbonyl (C=O) groups excluding carboxylic acids is 1. The molecular weight excluding hydrogens is 496 g/mol. The maximum Gasteiger partial charge on any atom is 0.377 e. The highest BCUT2D eigenvalue weighted by molar-refractivity contribution is 5.86. The van der Waals surface area contributed by atoms with Crippen LogP contribution in [-0.4, -0.2) is 50.1 Å². The quantitative estimate of drug-likeness (QED) is 0.0716. The van der Waals surface area contributed by atoms with Gasteiger partial charge in [-0.25, -0.2) is 4.79 Å². The maximum atomic E-state index is 12.8. The van der Waals surface area contributed by atoms with Crippen LogP contribution in [0.5, 0.6) is 0 Å². The second-order valence-electron chi connectivity index (χ2n) is 11.7. The molecule has 2 unspecified atom stereocenters. The van der Waals surface area contributed by atoms with Crippen molar-refractivity contribution in [2.45, 2.75) is 135 Å². The van der Waals surface area contributed by atoms with Crippen molar-refractivity contribution in [2.75, 3.05) is 20.3 Å². The van der Waals surface area contributed by atoms with E-state index in [2.05, 4.69) is 26.0 Å². The van der Waals surface area contributed by atoms with Crippen molar-refractivity contribution in [1.82, 2.24) is 0 Å². The highest BCUT2D eigenvalue weighted by Gasteiger charge is 2.33. The van der Waals surface area contributed by atoms with E-state index < -0.39 is 12.3 Å². The first-order valence-corrected chi connectivity index (χ1v) is 15.7. The average molecular weight is 551 g/mol. The number of carbonyl (C=O) groups is 1. The Balaban J connectivity index is 1.59. The van der Waals surface area contributed by atoms with Gasteiger partial charge in [-0.1, -0.05) is 51.7 Å². The zero-order valence-corrected chi connectivity index (χ0v) is 24.7. The van der Waals surface area contributed by atoms with Crippen LogP contribution in [0.4, 0.5) is 0 Å². The van der Waals surface area contributed by atoms with Crippen molar-refractivity contribution < 1.29 is 33.6 Å². The topological polar surface area (TPSA) is 83.5 Å². The van der Waals surface area contributed by atoms with Gasteiger partial charge in [0.25, 0.3) is 0 Å². The van der Waals surface area contributed by atoms with Gasteiger partial charge in [-0.15, -0.1) is 0 Å². The normalized spacial score (nSPS) is 29.2. The van der Waals surface area contributed by atoms with E-state index in [-0.39, 0.29) is 24.1 Å². The Hall–Kier alpha value is -1.57. The molecule has 2 heterocycles. The molecule has 7 heteroatoms. The minimum absolute atomic E-state index is 0.109. The molecule has 7 nitrogen and oxygen atoms in total. The maximum absolute atomic E-state index is 12.8. The Morgan fingerprint density at radius 1 is 0.974 bits per heavy atom. The molecule has 1 saturated carbocycles. The molecule has 0 bridgehead atoms. The van der Waals surface area contributed by atoms with Gasteiger partial charge >= 0.3 is 5.97 Å². The number of rotatable bonds is 16. The zero-order valence-electron chi connectivity index (χ0n) is 24.7. The van der Waals surface area contributed by atoms with Gasteiger partial charge < -0.3 is 28.8 Å². The molecule has 0 spiro atoms. The van der Waals surface area contributed by atoms with Crippen LogP contribution in [0.2, 0.25) is 0 Å². The van der Waals surface area contributed by atoms with E-state index in [1.54, 1.807) is 0 Å². The first-order chi connectivity index (χ1) is 19.0. The fraction of sp³-hybridized carbons (Fsp3) is 0.844. The first kappa shape index (κ1) is 32.0. The third-order valence-corrected chi connectivity index (χ3v) is 8.43. The highest BCUT2D eigenvalue weighted by Crippen LogP contribution is 2.37.